The molecule has 0 bridgehead atoms. The van der Waals surface area contributed by atoms with Gasteiger partial charge in [-0.15, -0.1) is 0 Å². The smallest absolute Gasteiger partial charge is 0.296 e. The minimum Gasteiger partial charge on any atom is -0.493 e. The van der Waals surface area contributed by atoms with Crippen molar-refractivity contribution in [1.82, 2.24) is 5.16 Å². The average molecular weight is 462 g/mol. The van der Waals surface area contributed by atoms with Gasteiger partial charge in [0.15, 0.2) is 22.7 Å². The Morgan fingerprint density at radius 2 is 1.65 bits per heavy atom. The monoisotopic (exact) mass is 462 g/mol. The number of amides is 1. The zero-order valence-electron chi connectivity index (χ0n) is 19.3. The van der Waals surface area contributed by atoms with E-state index in [4.69, 9.17) is 23.2 Å². The summed E-state index contributed by atoms with van der Waals surface area (Å²) in [6.45, 7) is 3.61. The quantitative estimate of drug-likeness (QED) is 0.435. The Kier molecular flexibility index (Phi) is 5.04. The van der Waals surface area contributed by atoms with Crippen LogP contribution in [-0.2, 0) is 0 Å². The molecule has 4 aromatic rings. The summed E-state index contributed by atoms with van der Waals surface area (Å²) < 4.78 is 27.7. The van der Waals surface area contributed by atoms with Crippen LogP contribution in [0.3, 0.4) is 0 Å². The lowest BCUT2D eigenvalue weighted by molar-refractivity contribution is 0.0969. The predicted molar refractivity (Wildman–Crippen MR) is 123 cm³/mol. The lowest BCUT2D eigenvalue weighted by Gasteiger charge is -2.24. The van der Waals surface area contributed by atoms with Crippen molar-refractivity contribution in [3.63, 3.8) is 0 Å². The van der Waals surface area contributed by atoms with Crippen LogP contribution in [-0.4, -0.2) is 32.4 Å². The number of hydrogen-bond acceptors (Lipinski definition) is 8. The van der Waals surface area contributed by atoms with Gasteiger partial charge in [0.25, 0.3) is 5.91 Å². The fraction of sp³-hybridized carbons (Fsp3) is 0.240. The van der Waals surface area contributed by atoms with E-state index in [1.165, 1.54) is 26.2 Å². The molecule has 0 spiro atoms. The number of aromatic nitrogens is 1. The number of carbonyl (C=O) groups is 1. The predicted octanol–water partition coefficient (Wildman–Crippen LogP) is 4.17. The molecular formula is C25H22N2O7. The van der Waals surface area contributed by atoms with Crippen molar-refractivity contribution in [1.29, 1.82) is 0 Å². The molecule has 1 amide bonds. The van der Waals surface area contributed by atoms with Crippen LogP contribution in [0.1, 0.15) is 39.0 Å². The Bertz CT molecular complexity index is 1480. The van der Waals surface area contributed by atoms with E-state index in [2.05, 4.69) is 5.16 Å². The highest BCUT2D eigenvalue weighted by Gasteiger charge is 2.45. The van der Waals surface area contributed by atoms with Crippen molar-refractivity contribution < 1.29 is 27.9 Å². The number of methoxy groups -OCH3 is 3. The van der Waals surface area contributed by atoms with Gasteiger partial charge in [0, 0.05) is 6.07 Å². The molecule has 34 heavy (non-hydrogen) atoms. The maximum Gasteiger partial charge on any atom is 0.296 e. The van der Waals surface area contributed by atoms with Crippen LogP contribution in [0.4, 0.5) is 5.82 Å². The molecule has 9 heteroatoms. The highest BCUT2D eigenvalue weighted by atomic mass is 16.5. The fourth-order valence-corrected chi connectivity index (χ4v) is 4.36. The van der Waals surface area contributed by atoms with Crippen LogP contribution < -0.4 is 24.5 Å². The largest absolute Gasteiger partial charge is 0.493 e. The second-order valence-electron chi connectivity index (χ2n) is 8.01. The minimum atomic E-state index is -0.859. The first kappa shape index (κ1) is 21.6. The number of aryl methyl sites for hydroxylation is 2. The highest BCUT2D eigenvalue weighted by Crippen LogP contribution is 2.46. The summed E-state index contributed by atoms with van der Waals surface area (Å²) in [6, 6.07) is 9.44. The first-order chi connectivity index (χ1) is 16.4. The Labute approximate surface area is 194 Å². The lowest BCUT2D eigenvalue weighted by atomic mass is 9.97. The van der Waals surface area contributed by atoms with E-state index in [1.54, 1.807) is 37.3 Å². The summed E-state index contributed by atoms with van der Waals surface area (Å²) in [5.74, 6) is 1.39. The van der Waals surface area contributed by atoms with Gasteiger partial charge < -0.3 is 23.2 Å². The van der Waals surface area contributed by atoms with Crippen LogP contribution in [0, 0.1) is 13.8 Å². The number of hydrogen-bond donors (Lipinski definition) is 0. The maximum atomic E-state index is 13.7. The molecule has 1 atom stereocenters. The van der Waals surface area contributed by atoms with Crippen molar-refractivity contribution in [2.75, 3.05) is 26.2 Å². The van der Waals surface area contributed by atoms with Crippen LogP contribution in [0.25, 0.3) is 11.0 Å². The molecule has 9 nitrogen and oxygen atoms in total. The van der Waals surface area contributed by atoms with Gasteiger partial charge >= 0.3 is 0 Å². The Hall–Kier alpha value is -4.27. The van der Waals surface area contributed by atoms with Gasteiger partial charge in [0.2, 0.25) is 11.5 Å². The second-order valence-corrected chi connectivity index (χ2v) is 8.01. The molecule has 1 aliphatic heterocycles. The number of rotatable bonds is 5. The average Bonchev–Trinajstić information content (AvgIpc) is 3.39. The number of benzene rings is 2. The molecule has 0 saturated heterocycles. The van der Waals surface area contributed by atoms with E-state index in [9.17, 15) is 9.59 Å². The number of nitrogens with zero attached hydrogens (tertiary/aromatic N) is 2. The number of anilines is 1. The van der Waals surface area contributed by atoms with E-state index in [0.717, 1.165) is 5.56 Å². The molecule has 0 N–H and O–H groups in total. The van der Waals surface area contributed by atoms with E-state index < -0.39 is 11.9 Å². The van der Waals surface area contributed by atoms with Crippen molar-refractivity contribution in [2.45, 2.75) is 19.9 Å². The first-order valence-corrected chi connectivity index (χ1v) is 10.5. The molecule has 1 aliphatic rings. The molecule has 174 valence electrons. The third-order valence-corrected chi connectivity index (χ3v) is 5.89. The van der Waals surface area contributed by atoms with E-state index in [1.807, 2.05) is 13.0 Å². The maximum absolute atomic E-state index is 13.7. The van der Waals surface area contributed by atoms with Gasteiger partial charge in [0.05, 0.1) is 38.3 Å². The summed E-state index contributed by atoms with van der Waals surface area (Å²) in [5.41, 5.74) is 1.70. The molecule has 0 fully saturated rings. The van der Waals surface area contributed by atoms with Gasteiger partial charge in [-0.3, -0.25) is 14.5 Å². The second kappa shape index (κ2) is 7.95. The van der Waals surface area contributed by atoms with Crippen molar-refractivity contribution in [2.24, 2.45) is 0 Å². The molecule has 0 unspecified atom stereocenters. The molecule has 0 radical (unpaired) electrons. The third-order valence-electron chi connectivity index (χ3n) is 5.89. The zero-order chi connectivity index (χ0) is 24.1. The van der Waals surface area contributed by atoms with Crippen LogP contribution in [0.15, 0.2) is 50.1 Å². The van der Waals surface area contributed by atoms with Gasteiger partial charge in [-0.05, 0) is 43.7 Å². The minimum absolute atomic E-state index is 0.0410. The number of fused-ring (bicyclic) bond motifs is 2. The first-order valence-electron chi connectivity index (χ1n) is 10.5. The van der Waals surface area contributed by atoms with E-state index in [0.29, 0.717) is 39.5 Å². The Morgan fingerprint density at radius 3 is 2.24 bits per heavy atom. The normalized spacial score (nSPS) is 15.0. The standard InChI is InChI=1S/C25H22N2O7/c1-12-6-7-16-15(8-12)22(28)20-21(14-10-17(30-3)23(32-5)18(11-14)31-4)27(25(29)24(20)33-16)19-9-13(2)34-26-19/h6-11,21H,1-5H3/t21-/m1/s1. The fourth-order valence-electron chi connectivity index (χ4n) is 4.36. The number of ether oxygens (including phenoxy) is 3. The molecular weight excluding hydrogens is 440 g/mol. The summed E-state index contributed by atoms with van der Waals surface area (Å²) in [4.78, 5) is 28.7. The summed E-state index contributed by atoms with van der Waals surface area (Å²) in [5, 5.41) is 4.43. The van der Waals surface area contributed by atoms with Gasteiger partial charge in [-0.25, -0.2) is 0 Å². The number of carbonyl (C=O) groups excluding carboxylic acids is 1. The topological polar surface area (TPSA) is 104 Å². The van der Waals surface area contributed by atoms with Gasteiger partial charge in [0.1, 0.15) is 11.3 Å². The van der Waals surface area contributed by atoms with Crippen molar-refractivity contribution in [3.8, 4) is 17.2 Å². The summed E-state index contributed by atoms with van der Waals surface area (Å²) in [6.07, 6.45) is 0. The molecule has 5 rings (SSSR count). The van der Waals surface area contributed by atoms with Crippen molar-refractivity contribution >= 4 is 22.7 Å². The lowest BCUT2D eigenvalue weighted by Crippen LogP contribution is -2.29. The Balaban J connectivity index is 1.84. The molecule has 0 aliphatic carbocycles. The van der Waals surface area contributed by atoms with Crippen molar-refractivity contribution in [3.05, 3.63) is 74.8 Å². The summed E-state index contributed by atoms with van der Waals surface area (Å²) >= 11 is 0. The van der Waals surface area contributed by atoms with E-state index in [-0.39, 0.29) is 22.6 Å². The van der Waals surface area contributed by atoms with Crippen LogP contribution in [0.2, 0.25) is 0 Å². The Morgan fingerprint density at radius 1 is 0.941 bits per heavy atom. The SMILES string of the molecule is COc1cc([C@@H]2c3c(oc4ccc(C)cc4c3=O)C(=O)N2c2cc(C)on2)cc(OC)c1OC. The molecule has 2 aromatic carbocycles. The molecule has 3 heterocycles. The zero-order valence-corrected chi connectivity index (χ0v) is 19.3. The molecule has 2 aromatic heterocycles. The van der Waals surface area contributed by atoms with Gasteiger partial charge in [-0.2, -0.15) is 0 Å². The van der Waals surface area contributed by atoms with Crippen LogP contribution >= 0.6 is 0 Å². The summed E-state index contributed by atoms with van der Waals surface area (Å²) in [7, 11) is 4.50. The van der Waals surface area contributed by atoms with Gasteiger partial charge in [-0.1, -0.05) is 16.8 Å². The third kappa shape index (κ3) is 3.12. The van der Waals surface area contributed by atoms with E-state index >= 15 is 0 Å². The molecule has 0 saturated carbocycles. The highest BCUT2D eigenvalue weighted by molar-refractivity contribution is 6.10. The van der Waals surface area contributed by atoms with Crippen LogP contribution in [0.5, 0.6) is 17.2 Å².